The molecule has 5 heteroatoms. The summed E-state index contributed by atoms with van der Waals surface area (Å²) in [4.78, 5) is 12.8. The lowest BCUT2D eigenvalue weighted by atomic mass is 10.2. The van der Waals surface area contributed by atoms with Crippen LogP contribution in [0.4, 0.5) is 5.69 Å². The van der Waals surface area contributed by atoms with Crippen LogP contribution in [-0.2, 0) is 13.1 Å². The maximum Gasteiger partial charge on any atom is 0.152 e. The van der Waals surface area contributed by atoms with Gasteiger partial charge in [0.05, 0.1) is 6.54 Å². The van der Waals surface area contributed by atoms with Crippen LogP contribution < -0.4 is 4.90 Å². The molecule has 0 bridgehead atoms. The van der Waals surface area contributed by atoms with Crippen LogP contribution in [0.1, 0.15) is 16.2 Å². The fourth-order valence-electron chi connectivity index (χ4n) is 2.05. The van der Waals surface area contributed by atoms with Gasteiger partial charge in [-0.15, -0.1) is 10.2 Å². The fraction of sp³-hybridized carbons (Fsp3) is 0.250. The minimum atomic E-state index is 0.703. The highest BCUT2D eigenvalue weighted by atomic mass is 16.1. The SMILES string of the molecule is O=Cc1ccc(N2CCn3cnnc3C2)cc1. The maximum atomic E-state index is 10.6. The van der Waals surface area contributed by atoms with E-state index in [1.807, 2.05) is 24.3 Å². The average molecular weight is 228 g/mol. The first kappa shape index (κ1) is 10.0. The van der Waals surface area contributed by atoms with Crippen LogP contribution in [0.2, 0.25) is 0 Å². The van der Waals surface area contributed by atoms with Crippen LogP contribution in [-0.4, -0.2) is 27.6 Å². The van der Waals surface area contributed by atoms with E-state index < -0.39 is 0 Å². The normalized spacial score (nSPS) is 14.5. The van der Waals surface area contributed by atoms with Crippen molar-refractivity contribution in [1.29, 1.82) is 0 Å². The Morgan fingerprint density at radius 3 is 2.76 bits per heavy atom. The van der Waals surface area contributed by atoms with E-state index in [9.17, 15) is 4.79 Å². The van der Waals surface area contributed by atoms with Gasteiger partial charge in [0.1, 0.15) is 12.6 Å². The Bertz CT molecular complexity index is 532. The lowest BCUT2D eigenvalue weighted by Gasteiger charge is -2.28. The van der Waals surface area contributed by atoms with Gasteiger partial charge in [0.15, 0.2) is 5.82 Å². The van der Waals surface area contributed by atoms with Crippen LogP contribution in [0.3, 0.4) is 0 Å². The summed E-state index contributed by atoms with van der Waals surface area (Å²) in [6.07, 6.45) is 2.62. The van der Waals surface area contributed by atoms with Gasteiger partial charge >= 0.3 is 0 Å². The smallest absolute Gasteiger partial charge is 0.152 e. The molecule has 0 unspecified atom stereocenters. The molecule has 3 rings (SSSR count). The second kappa shape index (κ2) is 4.01. The summed E-state index contributed by atoms with van der Waals surface area (Å²) in [7, 11) is 0. The number of nitrogens with zero attached hydrogens (tertiary/aromatic N) is 4. The monoisotopic (exact) mass is 228 g/mol. The van der Waals surface area contributed by atoms with Crippen LogP contribution in [0.15, 0.2) is 30.6 Å². The Morgan fingerprint density at radius 1 is 1.18 bits per heavy atom. The minimum absolute atomic E-state index is 0.703. The second-order valence-corrected chi connectivity index (χ2v) is 4.07. The third kappa shape index (κ3) is 1.80. The van der Waals surface area contributed by atoms with Gasteiger partial charge in [0.25, 0.3) is 0 Å². The molecule has 86 valence electrons. The van der Waals surface area contributed by atoms with E-state index in [0.717, 1.165) is 37.4 Å². The van der Waals surface area contributed by atoms with Crippen molar-refractivity contribution in [2.24, 2.45) is 0 Å². The van der Waals surface area contributed by atoms with Crippen LogP contribution in [0.5, 0.6) is 0 Å². The van der Waals surface area contributed by atoms with Crippen molar-refractivity contribution in [2.75, 3.05) is 11.4 Å². The first-order valence-corrected chi connectivity index (χ1v) is 5.54. The first-order chi connectivity index (χ1) is 8.36. The Labute approximate surface area is 98.7 Å². The molecule has 1 aliphatic heterocycles. The van der Waals surface area contributed by atoms with E-state index in [0.29, 0.717) is 5.56 Å². The van der Waals surface area contributed by atoms with Gasteiger partial charge in [-0.05, 0) is 24.3 Å². The topological polar surface area (TPSA) is 51.0 Å². The zero-order valence-corrected chi connectivity index (χ0v) is 9.28. The molecule has 0 spiro atoms. The number of anilines is 1. The summed E-state index contributed by atoms with van der Waals surface area (Å²) in [5, 5.41) is 7.98. The molecule has 5 nitrogen and oxygen atoms in total. The number of carbonyl (C=O) groups excluding carboxylic acids is 1. The Kier molecular flexibility index (Phi) is 2.36. The number of hydrogen-bond donors (Lipinski definition) is 0. The molecule has 0 saturated carbocycles. The standard InChI is InChI=1S/C12H12N4O/c17-8-10-1-3-11(4-2-10)15-5-6-16-9-13-14-12(16)7-15/h1-4,8-9H,5-7H2. The molecule has 1 aromatic carbocycles. The second-order valence-electron chi connectivity index (χ2n) is 4.07. The highest BCUT2D eigenvalue weighted by molar-refractivity contribution is 5.75. The molecule has 0 radical (unpaired) electrons. The lowest BCUT2D eigenvalue weighted by Crippen LogP contribution is -2.33. The van der Waals surface area contributed by atoms with Crippen LogP contribution in [0.25, 0.3) is 0 Å². The molecule has 17 heavy (non-hydrogen) atoms. The average Bonchev–Trinajstić information content (AvgIpc) is 2.86. The van der Waals surface area contributed by atoms with Crippen molar-refractivity contribution in [1.82, 2.24) is 14.8 Å². The van der Waals surface area contributed by atoms with Crippen LogP contribution in [0, 0.1) is 0 Å². The third-order valence-electron chi connectivity index (χ3n) is 3.03. The summed E-state index contributed by atoms with van der Waals surface area (Å²) in [6, 6.07) is 7.61. The molecule has 2 heterocycles. The van der Waals surface area contributed by atoms with E-state index in [-0.39, 0.29) is 0 Å². The molecule has 0 saturated heterocycles. The van der Waals surface area contributed by atoms with E-state index in [4.69, 9.17) is 0 Å². The van der Waals surface area contributed by atoms with Gasteiger partial charge in [0, 0.05) is 24.3 Å². The number of carbonyl (C=O) groups is 1. The van der Waals surface area contributed by atoms with E-state index in [1.165, 1.54) is 0 Å². The quantitative estimate of drug-likeness (QED) is 0.722. The highest BCUT2D eigenvalue weighted by Crippen LogP contribution is 2.19. The number of fused-ring (bicyclic) bond motifs is 1. The molecule has 0 fully saturated rings. The molecular weight excluding hydrogens is 216 g/mol. The minimum Gasteiger partial charge on any atom is -0.362 e. The summed E-state index contributed by atoms with van der Waals surface area (Å²) >= 11 is 0. The van der Waals surface area contributed by atoms with Crippen molar-refractivity contribution in [3.05, 3.63) is 42.0 Å². The molecule has 0 aliphatic carbocycles. The van der Waals surface area contributed by atoms with Gasteiger partial charge in [-0.3, -0.25) is 4.79 Å². The Hall–Kier alpha value is -2.17. The lowest BCUT2D eigenvalue weighted by molar-refractivity contribution is 0.112. The highest BCUT2D eigenvalue weighted by Gasteiger charge is 2.17. The predicted molar refractivity (Wildman–Crippen MR) is 62.9 cm³/mol. The summed E-state index contributed by atoms with van der Waals surface area (Å²) < 4.78 is 2.07. The van der Waals surface area contributed by atoms with Gasteiger partial charge in [-0.2, -0.15) is 0 Å². The molecule has 1 aromatic heterocycles. The van der Waals surface area contributed by atoms with Crippen molar-refractivity contribution in [3.8, 4) is 0 Å². The Balaban J connectivity index is 1.84. The number of benzene rings is 1. The van der Waals surface area contributed by atoms with Gasteiger partial charge in [-0.25, -0.2) is 0 Å². The van der Waals surface area contributed by atoms with Crippen LogP contribution >= 0.6 is 0 Å². The van der Waals surface area contributed by atoms with Gasteiger partial charge in [0.2, 0.25) is 0 Å². The van der Waals surface area contributed by atoms with Crippen molar-refractivity contribution >= 4 is 12.0 Å². The molecule has 2 aromatic rings. The van der Waals surface area contributed by atoms with E-state index >= 15 is 0 Å². The largest absolute Gasteiger partial charge is 0.362 e. The molecule has 1 aliphatic rings. The maximum absolute atomic E-state index is 10.6. The molecular formula is C12H12N4O. The van der Waals surface area contributed by atoms with Gasteiger partial charge in [-0.1, -0.05) is 0 Å². The van der Waals surface area contributed by atoms with E-state index in [2.05, 4.69) is 19.7 Å². The number of rotatable bonds is 2. The first-order valence-electron chi connectivity index (χ1n) is 5.54. The Morgan fingerprint density at radius 2 is 2.00 bits per heavy atom. The van der Waals surface area contributed by atoms with Crippen molar-refractivity contribution in [2.45, 2.75) is 13.1 Å². The summed E-state index contributed by atoms with van der Waals surface area (Å²) in [5.41, 5.74) is 1.82. The summed E-state index contributed by atoms with van der Waals surface area (Å²) in [5.74, 6) is 0.982. The molecule has 0 amide bonds. The zero-order chi connectivity index (χ0) is 11.7. The number of aldehydes is 1. The van der Waals surface area contributed by atoms with Crippen molar-refractivity contribution in [3.63, 3.8) is 0 Å². The van der Waals surface area contributed by atoms with Crippen molar-refractivity contribution < 1.29 is 4.79 Å². The zero-order valence-electron chi connectivity index (χ0n) is 9.28. The fourth-order valence-corrected chi connectivity index (χ4v) is 2.05. The number of aromatic nitrogens is 3. The predicted octanol–water partition coefficient (Wildman–Crippen LogP) is 1.11. The molecule has 0 N–H and O–H groups in total. The molecule has 0 atom stereocenters. The third-order valence-corrected chi connectivity index (χ3v) is 3.03. The summed E-state index contributed by atoms with van der Waals surface area (Å²) in [6.45, 7) is 2.60. The number of hydrogen-bond acceptors (Lipinski definition) is 4. The van der Waals surface area contributed by atoms with E-state index in [1.54, 1.807) is 6.33 Å². The van der Waals surface area contributed by atoms with Gasteiger partial charge < -0.3 is 9.47 Å².